The summed E-state index contributed by atoms with van der Waals surface area (Å²) in [5.74, 6) is -0.757. The predicted octanol–water partition coefficient (Wildman–Crippen LogP) is 3.13. The smallest absolute Gasteiger partial charge is 0.338 e. The fourth-order valence-corrected chi connectivity index (χ4v) is 5.25. The van der Waals surface area contributed by atoms with Crippen LogP contribution in [-0.2, 0) is 9.53 Å². The topological polar surface area (TPSA) is 124 Å². The van der Waals surface area contributed by atoms with Crippen LogP contribution in [0, 0.1) is 10.1 Å². The lowest BCUT2D eigenvalue weighted by molar-refractivity contribution is -0.384. The molecule has 1 atom stereocenters. The first-order valence-corrected chi connectivity index (χ1v) is 12.6. The highest BCUT2D eigenvalue weighted by atomic mass is 32.2. The fraction of sp³-hybridized carbons (Fsp3) is 0.208. The minimum absolute atomic E-state index is 0.131. The Hall–Kier alpha value is -3.70. The van der Waals surface area contributed by atoms with Gasteiger partial charge < -0.3 is 9.84 Å². The number of nitro groups is 1. The summed E-state index contributed by atoms with van der Waals surface area (Å²) in [4.78, 5) is 43.0. The van der Waals surface area contributed by atoms with E-state index in [2.05, 4.69) is 4.99 Å². The Kier molecular flexibility index (Phi) is 6.90. The van der Waals surface area contributed by atoms with Gasteiger partial charge in [0.1, 0.15) is 5.75 Å². The highest BCUT2D eigenvalue weighted by Gasteiger charge is 2.33. The van der Waals surface area contributed by atoms with Crippen LogP contribution in [0.2, 0.25) is 0 Å². The van der Waals surface area contributed by atoms with Crippen LogP contribution in [0.25, 0.3) is 6.08 Å². The second-order valence-corrected chi connectivity index (χ2v) is 9.46. The van der Waals surface area contributed by atoms with E-state index >= 15 is 0 Å². The molecule has 0 spiro atoms. The number of ether oxygens (including phenoxy) is 1. The van der Waals surface area contributed by atoms with Crippen LogP contribution in [0.5, 0.6) is 5.75 Å². The first-order valence-electron chi connectivity index (χ1n) is 10.6. The summed E-state index contributed by atoms with van der Waals surface area (Å²) < 4.78 is 6.92. The first-order chi connectivity index (χ1) is 16.7. The van der Waals surface area contributed by atoms with Gasteiger partial charge in [-0.2, -0.15) is 0 Å². The van der Waals surface area contributed by atoms with Crippen molar-refractivity contribution in [3.05, 3.63) is 94.7 Å². The molecule has 0 radical (unpaired) electrons. The maximum absolute atomic E-state index is 13.6. The number of carbonyl (C=O) groups excluding carboxylic acids is 1. The van der Waals surface area contributed by atoms with Crippen LogP contribution in [0.1, 0.15) is 31.0 Å². The number of hydrogen-bond donors (Lipinski definition) is 1. The summed E-state index contributed by atoms with van der Waals surface area (Å²) in [5, 5.41) is 21.4. The molecule has 1 unspecified atom stereocenters. The molecule has 180 valence electrons. The number of fused-ring (bicyclic) bond motifs is 1. The van der Waals surface area contributed by atoms with E-state index in [-0.39, 0.29) is 33.7 Å². The van der Waals surface area contributed by atoms with Gasteiger partial charge in [-0.3, -0.25) is 19.5 Å². The lowest BCUT2D eigenvalue weighted by atomic mass is 9.96. The molecule has 1 aliphatic heterocycles. The van der Waals surface area contributed by atoms with Gasteiger partial charge in [0.25, 0.3) is 11.2 Å². The third-order valence-electron chi connectivity index (χ3n) is 5.46. The normalized spacial score (nSPS) is 15.5. The lowest BCUT2D eigenvalue weighted by Crippen LogP contribution is -2.39. The summed E-state index contributed by atoms with van der Waals surface area (Å²) in [7, 11) is 0. The predicted molar refractivity (Wildman–Crippen MR) is 133 cm³/mol. The second-order valence-electron chi connectivity index (χ2n) is 7.58. The summed E-state index contributed by atoms with van der Waals surface area (Å²) >= 11 is 2.65. The van der Waals surface area contributed by atoms with E-state index < -0.39 is 22.5 Å². The number of carbonyl (C=O) groups is 1. The Bertz CT molecular complexity index is 1540. The van der Waals surface area contributed by atoms with E-state index in [9.17, 15) is 24.8 Å². The molecule has 4 rings (SSSR count). The number of aromatic hydroxyl groups is 1. The molecule has 1 aliphatic rings. The number of phenolic OH excluding ortho intramolecular Hbond substituents is 1. The van der Waals surface area contributed by atoms with Crippen molar-refractivity contribution in [1.82, 2.24) is 4.57 Å². The molecule has 11 heteroatoms. The number of nitro benzene ring substituents is 1. The van der Waals surface area contributed by atoms with Crippen LogP contribution in [0.3, 0.4) is 0 Å². The number of aromatic nitrogens is 1. The van der Waals surface area contributed by atoms with Crippen molar-refractivity contribution >= 4 is 40.8 Å². The van der Waals surface area contributed by atoms with E-state index in [4.69, 9.17) is 4.74 Å². The third kappa shape index (κ3) is 4.64. The van der Waals surface area contributed by atoms with Gasteiger partial charge in [0, 0.05) is 22.6 Å². The molecule has 2 aromatic carbocycles. The Morgan fingerprint density at radius 3 is 2.66 bits per heavy atom. The molecule has 0 amide bonds. The van der Waals surface area contributed by atoms with Crippen molar-refractivity contribution in [2.24, 2.45) is 4.99 Å². The standard InChI is InChI=1S/C24H21N3O6S2/c1-4-33-23(30)20-13(2)25-24-26(21(20)14-5-8-17(34-3)9-6-14)22(29)19(35-24)12-15-11-16(27(31)32)7-10-18(15)28/h5-12,21,28H,4H2,1-3H3. The largest absolute Gasteiger partial charge is 0.507 e. The van der Waals surface area contributed by atoms with Crippen molar-refractivity contribution < 1.29 is 19.6 Å². The molecule has 3 aromatic rings. The molecule has 1 aromatic heterocycles. The summed E-state index contributed by atoms with van der Waals surface area (Å²) in [6, 6.07) is 10.4. The van der Waals surface area contributed by atoms with E-state index in [1.165, 1.54) is 28.8 Å². The molecular formula is C24H21N3O6S2. The Morgan fingerprint density at radius 2 is 2.03 bits per heavy atom. The van der Waals surface area contributed by atoms with Crippen molar-refractivity contribution in [2.45, 2.75) is 24.8 Å². The van der Waals surface area contributed by atoms with E-state index in [1.807, 2.05) is 30.5 Å². The average molecular weight is 512 g/mol. The van der Waals surface area contributed by atoms with Crippen molar-refractivity contribution in [3.8, 4) is 5.75 Å². The highest BCUT2D eigenvalue weighted by Crippen LogP contribution is 2.32. The third-order valence-corrected chi connectivity index (χ3v) is 7.18. The molecule has 35 heavy (non-hydrogen) atoms. The quantitative estimate of drug-likeness (QED) is 0.233. The maximum Gasteiger partial charge on any atom is 0.338 e. The molecular weight excluding hydrogens is 490 g/mol. The number of rotatable bonds is 6. The number of nitrogens with zero attached hydrogens (tertiary/aromatic N) is 3. The zero-order valence-electron chi connectivity index (χ0n) is 19.0. The maximum atomic E-state index is 13.6. The molecule has 2 heterocycles. The summed E-state index contributed by atoms with van der Waals surface area (Å²) in [5.41, 5.74) is 0.897. The molecule has 9 nitrogen and oxygen atoms in total. The number of thiazole rings is 1. The number of allylic oxidation sites excluding steroid dienone is 1. The fourth-order valence-electron chi connectivity index (χ4n) is 3.81. The average Bonchev–Trinajstić information content (AvgIpc) is 3.14. The zero-order chi connectivity index (χ0) is 25.3. The van der Waals surface area contributed by atoms with Crippen molar-refractivity contribution in [3.63, 3.8) is 0 Å². The minimum Gasteiger partial charge on any atom is -0.507 e. The molecule has 1 N–H and O–H groups in total. The van der Waals surface area contributed by atoms with Crippen molar-refractivity contribution in [2.75, 3.05) is 12.9 Å². The number of phenols is 1. The molecule has 0 saturated heterocycles. The van der Waals surface area contributed by atoms with Gasteiger partial charge >= 0.3 is 5.97 Å². The van der Waals surface area contributed by atoms with Gasteiger partial charge in [-0.05, 0) is 49.9 Å². The van der Waals surface area contributed by atoms with Gasteiger partial charge in [-0.1, -0.05) is 23.5 Å². The number of non-ortho nitro benzene ring substituents is 1. The number of hydrogen-bond acceptors (Lipinski definition) is 9. The van der Waals surface area contributed by atoms with Gasteiger partial charge in [-0.25, -0.2) is 9.79 Å². The Morgan fingerprint density at radius 1 is 1.31 bits per heavy atom. The highest BCUT2D eigenvalue weighted by molar-refractivity contribution is 7.98. The summed E-state index contributed by atoms with van der Waals surface area (Å²) in [6.07, 6.45) is 3.35. The van der Waals surface area contributed by atoms with Gasteiger partial charge in [-0.15, -0.1) is 11.8 Å². The SMILES string of the molecule is CCOC(=O)C1=C(C)N=c2sc(=Cc3cc([N+](=O)[O-])ccc3O)c(=O)n2C1c1ccc(SC)cc1. The molecule has 0 fully saturated rings. The minimum atomic E-state index is -0.762. The lowest BCUT2D eigenvalue weighted by Gasteiger charge is -2.24. The van der Waals surface area contributed by atoms with Crippen LogP contribution < -0.4 is 14.9 Å². The Balaban J connectivity index is 1.95. The van der Waals surface area contributed by atoms with Gasteiger partial charge in [0.2, 0.25) is 0 Å². The van der Waals surface area contributed by atoms with Crippen LogP contribution in [0.15, 0.2) is 68.4 Å². The van der Waals surface area contributed by atoms with E-state index in [0.29, 0.717) is 16.1 Å². The van der Waals surface area contributed by atoms with Crippen LogP contribution >= 0.6 is 23.1 Å². The van der Waals surface area contributed by atoms with Crippen molar-refractivity contribution in [1.29, 1.82) is 0 Å². The molecule has 0 aliphatic carbocycles. The van der Waals surface area contributed by atoms with Gasteiger partial charge in [0.15, 0.2) is 4.80 Å². The van der Waals surface area contributed by atoms with Crippen LogP contribution in [0.4, 0.5) is 5.69 Å². The number of esters is 1. The monoisotopic (exact) mass is 511 g/mol. The van der Waals surface area contributed by atoms with E-state index in [0.717, 1.165) is 16.2 Å². The molecule has 0 bridgehead atoms. The number of thioether (sulfide) groups is 1. The summed E-state index contributed by atoms with van der Waals surface area (Å²) in [6.45, 7) is 3.57. The van der Waals surface area contributed by atoms with E-state index in [1.54, 1.807) is 25.6 Å². The van der Waals surface area contributed by atoms with Crippen LogP contribution in [-0.4, -0.2) is 33.4 Å². The molecule has 0 saturated carbocycles. The second kappa shape index (κ2) is 9.88. The van der Waals surface area contributed by atoms with Gasteiger partial charge in [0.05, 0.1) is 33.4 Å². The first kappa shape index (κ1) is 24.4. The Labute approximate surface area is 207 Å². The zero-order valence-corrected chi connectivity index (χ0v) is 20.7. The number of benzene rings is 2.